The predicted octanol–water partition coefficient (Wildman–Crippen LogP) is 3.28. The molecule has 0 spiro atoms. The van der Waals surface area contributed by atoms with Gasteiger partial charge in [0.2, 0.25) is 0 Å². The van der Waals surface area contributed by atoms with Gasteiger partial charge in [-0.2, -0.15) is 0 Å². The summed E-state index contributed by atoms with van der Waals surface area (Å²) in [6.07, 6.45) is 3.58. The van der Waals surface area contributed by atoms with Gasteiger partial charge in [-0.25, -0.2) is 0 Å². The molecule has 0 radical (unpaired) electrons. The fourth-order valence-electron chi connectivity index (χ4n) is 2.95. The largest absolute Gasteiger partial charge is 0.494 e. The van der Waals surface area contributed by atoms with Crippen LogP contribution in [-0.2, 0) is 9.53 Å². The summed E-state index contributed by atoms with van der Waals surface area (Å²) in [5.41, 5.74) is 7.28. The molecule has 0 aliphatic carbocycles. The van der Waals surface area contributed by atoms with Crippen molar-refractivity contribution in [2.45, 2.75) is 52.1 Å². The molecule has 1 aromatic rings. The average Bonchev–Trinajstić information content (AvgIpc) is 3.05. The predicted molar refractivity (Wildman–Crippen MR) is 106 cm³/mol. The third-order valence-corrected chi connectivity index (χ3v) is 4.18. The second-order valence-electron chi connectivity index (χ2n) is 7.76. The van der Waals surface area contributed by atoms with E-state index in [1.165, 1.54) is 25.9 Å². The highest BCUT2D eigenvalue weighted by Gasteiger charge is 2.15. The molecular formula is C20H33N3O3. The van der Waals surface area contributed by atoms with Crippen LogP contribution in [0.3, 0.4) is 0 Å². The Morgan fingerprint density at radius 1 is 1.27 bits per heavy atom. The van der Waals surface area contributed by atoms with Crippen molar-refractivity contribution < 1.29 is 14.3 Å². The van der Waals surface area contributed by atoms with Gasteiger partial charge in [-0.1, -0.05) is 0 Å². The maximum Gasteiger partial charge on any atom is 0.306 e. The lowest BCUT2D eigenvalue weighted by atomic mass is 10.2. The van der Waals surface area contributed by atoms with E-state index in [1.54, 1.807) is 0 Å². The summed E-state index contributed by atoms with van der Waals surface area (Å²) in [5, 5.41) is 3.39. The minimum atomic E-state index is -0.440. The number of likely N-dealkylation sites (tertiary alicyclic amines) is 1. The number of ether oxygens (including phenoxy) is 2. The Morgan fingerprint density at radius 3 is 2.65 bits per heavy atom. The van der Waals surface area contributed by atoms with E-state index in [0.717, 1.165) is 24.5 Å². The van der Waals surface area contributed by atoms with Gasteiger partial charge in [-0.3, -0.25) is 4.79 Å². The third-order valence-electron chi connectivity index (χ3n) is 4.18. The van der Waals surface area contributed by atoms with Crippen molar-refractivity contribution in [3.63, 3.8) is 0 Å². The lowest BCUT2D eigenvalue weighted by molar-refractivity contribution is -0.155. The Balaban J connectivity index is 1.67. The summed E-state index contributed by atoms with van der Waals surface area (Å²) in [7, 11) is 0. The maximum atomic E-state index is 11.7. The van der Waals surface area contributed by atoms with Crippen molar-refractivity contribution in [1.29, 1.82) is 0 Å². The molecule has 0 saturated carbocycles. The molecule has 6 nitrogen and oxygen atoms in total. The summed E-state index contributed by atoms with van der Waals surface area (Å²) in [4.78, 5) is 14.1. The van der Waals surface area contributed by atoms with Crippen molar-refractivity contribution >= 4 is 17.3 Å². The van der Waals surface area contributed by atoms with Crippen molar-refractivity contribution in [3.05, 3.63) is 18.2 Å². The van der Waals surface area contributed by atoms with Crippen molar-refractivity contribution in [2.24, 2.45) is 0 Å². The highest BCUT2D eigenvalue weighted by atomic mass is 16.6. The van der Waals surface area contributed by atoms with E-state index >= 15 is 0 Å². The number of nitrogens with zero attached hydrogens (tertiary/aromatic N) is 1. The molecule has 0 aromatic heterocycles. The molecule has 26 heavy (non-hydrogen) atoms. The fraction of sp³-hybridized carbons (Fsp3) is 0.650. The molecule has 3 N–H and O–H groups in total. The zero-order valence-corrected chi connectivity index (χ0v) is 16.3. The number of benzene rings is 1. The number of anilines is 2. The summed E-state index contributed by atoms with van der Waals surface area (Å²) < 4.78 is 11.0. The van der Waals surface area contributed by atoms with Gasteiger partial charge in [0.25, 0.3) is 0 Å². The first kappa shape index (κ1) is 20.4. The molecule has 1 aromatic carbocycles. The lowest BCUT2D eigenvalue weighted by Gasteiger charge is -2.19. The Morgan fingerprint density at radius 2 is 2.00 bits per heavy atom. The van der Waals surface area contributed by atoms with Crippen molar-refractivity contribution in [3.8, 4) is 5.75 Å². The molecule has 1 saturated heterocycles. The fourth-order valence-corrected chi connectivity index (χ4v) is 2.95. The highest BCUT2D eigenvalue weighted by molar-refractivity contribution is 5.70. The Hall–Kier alpha value is -1.95. The summed E-state index contributed by atoms with van der Waals surface area (Å²) in [6.45, 7) is 10.4. The SMILES string of the molecule is CC(C)(C)OC(=O)CCCOc1ccc(NCCN2CCCC2)c(N)c1. The molecule has 1 aliphatic heterocycles. The number of carbonyl (C=O) groups excluding carboxylic acids is 1. The van der Waals surface area contributed by atoms with Gasteiger partial charge in [0, 0.05) is 25.6 Å². The van der Waals surface area contributed by atoms with Gasteiger partial charge in [0.15, 0.2) is 0 Å². The van der Waals surface area contributed by atoms with Crippen LogP contribution in [0.15, 0.2) is 18.2 Å². The molecule has 0 amide bonds. The Kier molecular flexibility index (Phi) is 7.57. The van der Waals surface area contributed by atoms with E-state index < -0.39 is 5.60 Å². The lowest BCUT2D eigenvalue weighted by Crippen LogP contribution is -2.26. The molecule has 2 rings (SSSR count). The van der Waals surface area contributed by atoms with Crippen LogP contribution >= 0.6 is 0 Å². The zero-order valence-electron chi connectivity index (χ0n) is 16.3. The number of rotatable bonds is 9. The topological polar surface area (TPSA) is 76.8 Å². The number of nitrogen functional groups attached to an aromatic ring is 1. The molecule has 1 fully saturated rings. The number of nitrogens with two attached hydrogens (primary N) is 1. The third kappa shape index (κ3) is 7.52. The zero-order chi connectivity index (χ0) is 19.0. The quantitative estimate of drug-likeness (QED) is 0.398. The van der Waals surface area contributed by atoms with E-state index in [2.05, 4.69) is 10.2 Å². The smallest absolute Gasteiger partial charge is 0.306 e. The molecule has 6 heteroatoms. The second-order valence-corrected chi connectivity index (χ2v) is 7.76. The molecule has 0 bridgehead atoms. The molecular weight excluding hydrogens is 330 g/mol. The standard InChI is InChI=1S/C20H33N3O3/c1-20(2,3)26-19(24)7-6-14-25-16-8-9-18(17(21)15-16)22-10-13-23-11-4-5-12-23/h8-9,15,22H,4-7,10-14,21H2,1-3H3. The van der Waals surface area contributed by atoms with Crippen LogP contribution in [0.4, 0.5) is 11.4 Å². The molecule has 146 valence electrons. The van der Waals surface area contributed by atoms with E-state index in [-0.39, 0.29) is 5.97 Å². The minimum absolute atomic E-state index is 0.196. The van der Waals surface area contributed by atoms with Crippen LogP contribution in [0.5, 0.6) is 5.75 Å². The molecule has 0 atom stereocenters. The Labute approximate surface area is 157 Å². The minimum Gasteiger partial charge on any atom is -0.494 e. The van der Waals surface area contributed by atoms with E-state index in [0.29, 0.717) is 25.1 Å². The van der Waals surface area contributed by atoms with E-state index in [1.807, 2.05) is 39.0 Å². The highest BCUT2D eigenvalue weighted by Crippen LogP contribution is 2.24. The van der Waals surface area contributed by atoms with E-state index in [4.69, 9.17) is 15.2 Å². The number of carbonyl (C=O) groups is 1. The van der Waals surface area contributed by atoms with Crippen LogP contribution in [0.25, 0.3) is 0 Å². The number of hydrogen-bond acceptors (Lipinski definition) is 6. The van der Waals surface area contributed by atoms with Crippen molar-refractivity contribution in [2.75, 3.05) is 43.8 Å². The first-order valence-electron chi connectivity index (χ1n) is 9.54. The Bertz CT molecular complexity index is 578. The van der Waals surface area contributed by atoms with Crippen LogP contribution in [0, 0.1) is 0 Å². The average molecular weight is 364 g/mol. The number of hydrogen-bond donors (Lipinski definition) is 2. The molecule has 0 unspecified atom stereocenters. The monoisotopic (exact) mass is 363 g/mol. The van der Waals surface area contributed by atoms with Gasteiger partial charge in [0.05, 0.1) is 18.0 Å². The van der Waals surface area contributed by atoms with Crippen LogP contribution in [-0.4, -0.2) is 49.3 Å². The molecule has 1 aliphatic rings. The number of nitrogens with one attached hydrogen (secondary N) is 1. The second kappa shape index (κ2) is 9.67. The van der Waals surface area contributed by atoms with Gasteiger partial charge in [-0.15, -0.1) is 0 Å². The van der Waals surface area contributed by atoms with Crippen LogP contribution in [0.1, 0.15) is 46.5 Å². The van der Waals surface area contributed by atoms with E-state index in [9.17, 15) is 4.79 Å². The van der Waals surface area contributed by atoms with Gasteiger partial charge < -0.3 is 25.4 Å². The first-order chi connectivity index (χ1) is 12.3. The normalized spacial score (nSPS) is 15.0. The molecule has 1 heterocycles. The summed E-state index contributed by atoms with van der Waals surface area (Å²) in [5.74, 6) is 0.523. The van der Waals surface area contributed by atoms with Gasteiger partial charge in [-0.05, 0) is 65.3 Å². The summed E-state index contributed by atoms with van der Waals surface area (Å²) >= 11 is 0. The maximum absolute atomic E-state index is 11.7. The van der Waals surface area contributed by atoms with Crippen LogP contribution in [0.2, 0.25) is 0 Å². The van der Waals surface area contributed by atoms with Gasteiger partial charge >= 0.3 is 5.97 Å². The summed E-state index contributed by atoms with van der Waals surface area (Å²) in [6, 6.07) is 5.68. The van der Waals surface area contributed by atoms with Crippen LogP contribution < -0.4 is 15.8 Å². The first-order valence-corrected chi connectivity index (χ1v) is 9.54. The van der Waals surface area contributed by atoms with Gasteiger partial charge in [0.1, 0.15) is 11.4 Å². The number of esters is 1. The van der Waals surface area contributed by atoms with Crippen molar-refractivity contribution in [1.82, 2.24) is 4.90 Å².